The van der Waals surface area contributed by atoms with Crippen molar-refractivity contribution < 1.29 is 14.5 Å². The quantitative estimate of drug-likeness (QED) is 0.516. The number of nitrogens with zero attached hydrogens (tertiary/aromatic N) is 1. The summed E-state index contributed by atoms with van der Waals surface area (Å²) in [7, 11) is 1.25. The van der Waals surface area contributed by atoms with Gasteiger partial charge in [0.2, 0.25) is 0 Å². The van der Waals surface area contributed by atoms with Crippen molar-refractivity contribution in [3.05, 3.63) is 38.4 Å². The molecular weight excluding hydrogens is 272 g/mol. The van der Waals surface area contributed by atoms with E-state index in [-0.39, 0.29) is 18.0 Å². The number of nitro benzene ring substituents is 1. The lowest BCUT2D eigenvalue weighted by atomic mass is 9.91. The molecule has 0 amide bonds. The van der Waals surface area contributed by atoms with Crippen LogP contribution < -0.4 is 5.32 Å². The van der Waals surface area contributed by atoms with E-state index < -0.39 is 10.9 Å². The number of benzene rings is 1. The normalized spacial score (nSPS) is 14.8. The van der Waals surface area contributed by atoms with Crippen LogP contribution in [0.5, 0.6) is 0 Å². The number of esters is 1. The summed E-state index contributed by atoms with van der Waals surface area (Å²) < 4.78 is 4.55. The first-order chi connectivity index (χ1) is 9.02. The van der Waals surface area contributed by atoms with Gasteiger partial charge in [0.05, 0.1) is 23.5 Å². The van der Waals surface area contributed by atoms with Crippen molar-refractivity contribution in [3.8, 4) is 0 Å². The average molecular weight is 285 g/mol. The summed E-state index contributed by atoms with van der Waals surface area (Å²) in [4.78, 5) is 21.8. The number of methoxy groups -OCH3 is 1. The molecule has 0 atom stereocenters. The Morgan fingerprint density at radius 3 is 2.74 bits per heavy atom. The second-order valence-electron chi connectivity index (χ2n) is 4.37. The van der Waals surface area contributed by atoms with Gasteiger partial charge < -0.3 is 10.1 Å². The van der Waals surface area contributed by atoms with Gasteiger partial charge in [-0.15, -0.1) is 0 Å². The van der Waals surface area contributed by atoms with E-state index in [0.29, 0.717) is 10.6 Å². The van der Waals surface area contributed by atoms with E-state index in [1.165, 1.54) is 13.2 Å². The number of nitro groups is 1. The van der Waals surface area contributed by atoms with E-state index >= 15 is 0 Å². The monoisotopic (exact) mass is 284 g/mol. The number of rotatable bonds is 4. The minimum Gasteiger partial charge on any atom is -0.469 e. The van der Waals surface area contributed by atoms with Crippen LogP contribution in [0.3, 0.4) is 0 Å². The van der Waals surface area contributed by atoms with Crippen LogP contribution in [0.2, 0.25) is 5.02 Å². The molecule has 1 aromatic rings. The standard InChI is InChI=1S/C12H13ClN2O4/c1-19-12(16)3-7-2-9(8-5-14-6-8)10(13)4-11(7)15(17)18/h2,4,8,14H,3,5-6H2,1H3. The minimum atomic E-state index is -0.535. The number of carbonyl (C=O) groups excluding carboxylic acids is 1. The van der Waals surface area contributed by atoms with Crippen LogP contribution in [0.1, 0.15) is 17.0 Å². The number of ether oxygens (including phenoxy) is 1. The van der Waals surface area contributed by atoms with Crippen LogP contribution in [-0.4, -0.2) is 31.1 Å². The van der Waals surface area contributed by atoms with Gasteiger partial charge in [0.15, 0.2) is 0 Å². The van der Waals surface area contributed by atoms with E-state index in [4.69, 9.17) is 11.6 Å². The Morgan fingerprint density at radius 1 is 1.58 bits per heavy atom. The molecule has 1 heterocycles. The zero-order valence-electron chi connectivity index (χ0n) is 10.3. The Bertz CT molecular complexity index is 529. The van der Waals surface area contributed by atoms with E-state index in [9.17, 15) is 14.9 Å². The maximum Gasteiger partial charge on any atom is 0.310 e. The SMILES string of the molecule is COC(=O)Cc1cc(C2CNC2)c(Cl)cc1[N+](=O)[O-]. The molecule has 0 aromatic heterocycles. The predicted octanol–water partition coefficient (Wildman–Crippen LogP) is 1.65. The van der Waals surface area contributed by atoms with Crippen molar-refractivity contribution in [3.63, 3.8) is 0 Å². The third-order valence-electron chi connectivity index (χ3n) is 3.18. The summed E-state index contributed by atoms with van der Waals surface area (Å²) in [6, 6.07) is 2.95. The number of hydrogen-bond donors (Lipinski definition) is 1. The molecule has 1 saturated heterocycles. The Morgan fingerprint density at radius 2 is 2.26 bits per heavy atom. The molecule has 6 nitrogen and oxygen atoms in total. The molecule has 0 unspecified atom stereocenters. The molecule has 19 heavy (non-hydrogen) atoms. The zero-order chi connectivity index (χ0) is 14.0. The fraction of sp³-hybridized carbons (Fsp3) is 0.417. The molecule has 1 N–H and O–H groups in total. The predicted molar refractivity (Wildman–Crippen MR) is 69.4 cm³/mol. The highest BCUT2D eigenvalue weighted by molar-refractivity contribution is 6.31. The summed E-state index contributed by atoms with van der Waals surface area (Å²) in [6.45, 7) is 1.57. The molecule has 1 aliphatic heterocycles. The van der Waals surface area contributed by atoms with E-state index in [1.54, 1.807) is 6.07 Å². The van der Waals surface area contributed by atoms with Crippen molar-refractivity contribution in [1.82, 2.24) is 5.32 Å². The van der Waals surface area contributed by atoms with Gasteiger partial charge in [-0.25, -0.2) is 0 Å². The van der Waals surface area contributed by atoms with Crippen molar-refractivity contribution >= 4 is 23.3 Å². The lowest BCUT2D eigenvalue weighted by molar-refractivity contribution is -0.385. The van der Waals surface area contributed by atoms with Gasteiger partial charge in [-0.3, -0.25) is 14.9 Å². The lowest BCUT2D eigenvalue weighted by Gasteiger charge is -2.28. The third-order valence-corrected chi connectivity index (χ3v) is 3.51. The van der Waals surface area contributed by atoms with Crippen LogP contribution >= 0.6 is 11.6 Å². The van der Waals surface area contributed by atoms with Crippen LogP contribution in [-0.2, 0) is 16.0 Å². The number of nitrogens with one attached hydrogen (secondary N) is 1. The first-order valence-corrected chi connectivity index (χ1v) is 6.15. The van der Waals surface area contributed by atoms with Gasteiger partial charge in [0.25, 0.3) is 5.69 Å². The van der Waals surface area contributed by atoms with Crippen LogP contribution in [0.4, 0.5) is 5.69 Å². The maximum atomic E-state index is 11.3. The average Bonchev–Trinajstić information content (AvgIpc) is 2.30. The Kier molecular flexibility index (Phi) is 4.01. The molecule has 7 heteroatoms. The van der Waals surface area contributed by atoms with Gasteiger partial charge in [-0.1, -0.05) is 11.6 Å². The van der Waals surface area contributed by atoms with Crippen molar-refractivity contribution in [1.29, 1.82) is 0 Å². The first-order valence-electron chi connectivity index (χ1n) is 5.77. The molecule has 1 aromatic carbocycles. The molecule has 0 aliphatic carbocycles. The maximum absolute atomic E-state index is 11.3. The molecule has 0 saturated carbocycles. The fourth-order valence-corrected chi connectivity index (χ4v) is 2.30. The third kappa shape index (κ3) is 2.85. The summed E-state index contributed by atoms with van der Waals surface area (Å²) in [6.07, 6.45) is -0.128. The van der Waals surface area contributed by atoms with Gasteiger partial charge in [-0.2, -0.15) is 0 Å². The Balaban J connectivity index is 2.41. The molecule has 0 spiro atoms. The second kappa shape index (κ2) is 5.54. The molecule has 1 fully saturated rings. The number of hydrogen-bond acceptors (Lipinski definition) is 5. The van der Waals surface area contributed by atoms with Crippen molar-refractivity contribution in [2.75, 3.05) is 20.2 Å². The highest BCUT2D eigenvalue weighted by Crippen LogP contribution is 2.33. The summed E-state index contributed by atoms with van der Waals surface area (Å²) in [5.41, 5.74) is 1.03. The van der Waals surface area contributed by atoms with Crippen LogP contribution in [0.25, 0.3) is 0 Å². The summed E-state index contributed by atoms with van der Waals surface area (Å²) in [5, 5.41) is 14.5. The molecule has 2 rings (SSSR count). The van der Waals surface area contributed by atoms with Gasteiger partial charge in [0, 0.05) is 30.6 Å². The van der Waals surface area contributed by atoms with Gasteiger partial charge in [-0.05, 0) is 11.6 Å². The largest absolute Gasteiger partial charge is 0.469 e. The molecule has 102 valence electrons. The first kappa shape index (κ1) is 13.8. The lowest BCUT2D eigenvalue weighted by Crippen LogP contribution is -2.40. The molecular formula is C12H13ClN2O4. The van der Waals surface area contributed by atoms with E-state index in [1.807, 2.05) is 0 Å². The van der Waals surface area contributed by atoms with Crippen LogP contribution in [0.15, 0.2) is 12.1 Å². The molecule has 0 bridgehead atoms. The van der Waals surface area contributed by atoms with E-state index in [0.717, 1.165) is 18.7 Å². The van der Waals surface area contributed by atoms with Crippen molar-refractivity contribution in [2.45, 2.75) is 12.3 Å². The smallest absolute Gasteiger partial charge is 0.310 e. The molecule has 1 aliphatic rings. The Labute approximate surface area is 114 Å². The highest BCUT2D eigenvalue weighted by Gasteiger charge is 2.26. The number of halogens is 1. The zero-order valence-corrected chi connectivity index (χ0v) is 11.1. The van der Waals surface area contributed by atoms with Gasteiger partial charge >= 0.3 is 5.97 Å². The second-order valence-corrected chi connectivity index (χ2v) is 4.77. The number of carbonyl (C=O) groups is 1. The summed E-state index contributed by atoms with van der Waals surface area (Å²) >= 11 is 6.07. The van der Waals surface area contributed by atoms with Crippen molar-refractivity contribution in [2.24, 2.45) is 0 Å². The molecule has 0 radical (unpaired) electrons. The Hall–Kier alpha value is -1.66. The summed E-state index contributed by atoms with van der Waals surface area (Å²) in [5.74, 6) is -0.271. The minimum absolute atomic E-state index is 0.128. The fourth-order valence-electron chi connectivity index (χ4n) is 1.99. The van der Waals surface area contributed by atoms with Gasteiger partial charge in [0.1, 0.15) is 0 Å². The van der Waals surface area contributed by atoms with Crippen LogP contribution in [0, 0.1) is 10.1 Å². The topological polar surface area (TPSA) is 81.5 Å². The highest BCUT2D eigenvalue weighted by atomic mass is 35.5. The van der Waals surface area contributed by atoms with E-state index in [2.05, 4.69) is 10.1 Å².